The number of rotatable bonds is 6. The summed E-state index contributed by atoms with van der Waals surface area (Å²) in [6.45, 7) is 21.2. The first-order chi connectivity index (χ1) is 7.32. The van der Waals surface area contributed by atoms with Crippen molar-refractivity contribution >= 4 is 16.5 Å². The second-order valence-corrected chi connectivity index (χ2v) is 8.96. The van der Waals surface area contributed by atoms with Crippen molar-refractivity contribution in [2.45, 2.75) is 85.0 Å². The van der Waals surface area contributed by atoms with Crippen LogP contribution in [0, 0.1) is 11.3 Å². The van der Waals surface area contributed by atoms with Crippen molar-refractivity contribution < 1.29 is 0 Å². The van der Waals surface area contributed by atoms with Crippen LogP contribution in [0.25, 0.3) is 0 Å². The Bertz CT molecular complexity index is 239. The Balaban J connectivity index is 4.89. The summed E-state index contributed by atoms with van der Waals surface area (Å²) in [4.78, 5) is 0. The van der Waals surface area contributed by atoms with Gasteiger partial charge in [-0.1, -0.05) is 72.9 Å². The van der Waals surface area contributed by atoms with E-state index in [0.29, 0.717) is 11.1 Å². The summed E-state index contributed by atoms with van der Waals surface area (Å²) in [6, 6.07) is 0. The van der Waals surface area contributed by atoms with Gasteiger partial charge in [0.25, 0.3) is 0 Å². The maximum atomic E-state index is 2.95. The highest BCUT2D eigenvalue weighted by molar-refractivity contribution is 7.18. The van der Waals surface area contributed by atoms with Crippen LogP contribution in [0.2, 0.25) is 10.6 Å². The minimum absolute atomic E-state index is 0.256. The molecule has 2 unspecified atom stereocenters. The van der Waals surface area contributed by atoms with Crippen LogP contribution < -0.4 is 0 Å². The van der Waals surface area contributed by atoms with Gasteiger partial charge in [-0.2, -0.15) is 0 Å². The molecular weight excluding hydrogens is 222 g/mol. The van der Waals surface area contributed by atoms with E-state index >= 15 is 0 Å². The summed E-state index contributed by atoms with van der Waals surface area (Å²) in [6.07, 6.45) is 1.28. The molecule has 0 spiro atoms. The van der Waals surface area contributed by atoms with Gasteiger partial charge in [-0.25, -0.2) is 0 Å². The fraction of sp³-hybridized carbons (Fsp3) is 1.00. The normalized spacial score (nSPS) is 16.2. The predicted octanol–water partition coefficient (Wildman–Crippen LogP) is 5.42. The first-order valence-corrected chi connectivity index (χ1v) is 7.61. The van der Waals surface area contributed by atoms with Crippen LogP contribution in [0.4, 0.5) is 0 Å². The van der Waals surface area contributed by atoms with Gasteiger partial charge in [-0.3, -0.25) is 0 Å². The Labute approximate surface area is 113 Å². The molecule has 2 atom stereocenters. The molecule has 0 nitrogen and oxygen atoms in total. The average Bonchev–Trinajstić information content (AvgIpc) is 1.97. The van der Waals surface area contributed by atoms with Crippen LogP contribution in [0.1, 0.15) is 68.7 Å². The van der Waals surface area contributed by atoms with Gasteiger partial charge in [0.1, 0.15) is 7.28 Å². The van der Waals surface area contributed by atoms with Crippen molar-refractivity contribution in [3.05, 3.63) is 0 Å². The van der Waals surface area contributed by atoms with Crippen LogP contribution in [-0.2, 0) is 0 Å². The number of hydrogen-bond acceptors (Lipinski definition) is 0. The first-order valence-electron chi connectivity index (χ1n) is 6.94. The Morgan fingerprint density at radius 1 is 0.941 bits per heavy atom. The third-order valence-corrected chi connectivity index (χ3v) is 5.43. The predicted molar refractivity (Wildman–Crippen MR) is 86.2 cm³/mol. The maximum absolute atomic E-state index is 2.95. The molecule has 0 saturated heterocycles. The van der Waals surface area contributed by atoms with Gasteiger partial charge in [0.15, 0.2) is 0 Å². The Kier molecular flexibility index (Phi) is 5.81. The SMILES string of the molecule is CC(C)CC(C)(C)C(C)(C)[B]C(C)(C)C(C)P. The lowest BCUT2D eigenvalue weighted by molar-refractivity contribution is 0.208. The quantitative estimate of drug-likeness (QED) is 0.439. The molecule has 0 N–H and O–H groups in total. The van der Waals surface area contributed by atoms with Gasteiger partial charge >= 0.3 is 0 Å². The zero-order chi connectivity index (χ0) is 14.1. The van der Waals surface area contributed by atoms with E-state index in [4.69, 9.17) is 0 Å². The van der Waals surface area contributed by atoms with Gasteiger partial charge < -0.3 is 0 Å². The molecule has 2 heteroatoms. The molecule has 0 aliphatic carbocycles. The molecule has 0 bridgehead atoms. The van der Waals surface area contributed by atoms with Gasteiger partial charge in [0, 0.05) is 0 Å². The van der Waals surface area contributed by atoms with Crippen LogP contribution in [-0.4, -0.2) is 12.9 Å². The molecule has 0 heterocycles. The monoisotopic (exact) mass is 255 g/mol. The van der Waals surface area contributed by atoms with Gasteiger partial charge in [0.05, 0.1) is 0 Å². The molecule has 101 valence electrons. The Morgan fingerprint density at radius 2 is 1.35 bits per heavy atom. The molecule has 0 aliphatic heterocycles. The smallest absolute Gasteiger partial charge is 0.126 e. The number of hydrogen-bond donors (Lipinski definition) is 0. The summed E-state index contributed by atoms with van der Waals surface area (Å²) in [5, 5.41) is 0.522. The second kappa shape index (κ2) is 5.64. The van der Waals surface area contributed by atoms with Crippen molar-refractivity contribution in [2.75, 3.05) is 0 Å². The van der Waals surface area contributed by atoms with Crippen molar-refractivity contribution in [1.29, 1.82) is 0 Å². The molecule has 0 saturated carbocycles. The Hall–Kier alpha value is 0.495. The van der Waals surface area contributed by atoms with Gasteiger partial charge in [-0.15, -0.1) is 9.24 Å². The van der Waals surface area contributed by atoms with E-state index in [1.807, 2.05) is 0 Å². The zero-order valence-electron chi connectivity index (χ0n) is 13.5. The maximum Gasteiger partial charge on any atom is 0.126 e. The van der Waals surface area contributed by atoms with Crippen LogP contribution in [0.15, 0.2) is 0 Å². The molecule has 1 radical (unpaired) electrons. The highest BCUT2D eigenvalue weighted by Gasteiger charge is 2.42. The van der Waals surface area contributed by atoms with E-state index < -0.39 is 0 Å². The summed E-state index contributed by atoms with van der Waals surface area (Å²) >= 11 is 0. The second-order valence-electron chi connectivity index (χ2n) is 7.96. The third kappa shape index (κ3) is 4.94. The van der Waals surface area contributed by atoms with E-state index in [2.05, 4.69) is 78.8 Å². The fourth-order valence-corrected chi connectivity index (χ4v) is 2.64. The lowest BCUT2D eigenvalue weighted by Gasteiger charge is -2.47. The molecule has 0 fully saturated rings. The molecule has 0 aliphatic rings. The van der Waals surface area contributed by atoms with Gasteiger partial charge in [0.2, 0.25) is 0 Å². The molecular formula is C15H33BP. The summed E-state index contributed by atoms with van der Waals surface area (Å²) in [5.41, 5.74) is 0.953. The lowest BCUT2D eigenvalue weighted by atomic mass is 9.34. The third-order valence-electron chi connectivity index (χ3n) is 4.57. The largest absolute Gasteiger partial charge is 0.135 e. The van der Waals surface area contributed by atoms with Crippen molar-refractivity contribution in [2.24, 2.45) is 11.3 Å². The van der Waals surface area contributed by atoms with Gasteiger partial charge in [-0.05, 0) is 23.4 Å². The summed E-state index contributed by atoms with van der Waals surface area (Å²) < 4.78 is 0. The topological polar surface area (TPSA) is 0 Å². The zero-order valence-corrected chi connectivity index (χ0v) is 14.7. The standard InChI is InChI=1S/C15H33BP/c1-11(2)10-13(4,5)15(8,9)16-14(6,7)12(3)17/h11-12H,10,17H2,1-9H3. The first kappa shape index (κ1) is 17.5. The minimum atomic E-state index is 0.256. The molecule has 0 rings (SSSR count). The van der Waals surface area contributed by atoms with Crippen LogP contribution >= 0.6 is 9.24 Å². The van der Waals surface area contributed by atoms with E-state index in [-0.39, 0.29) is 10.6 Å². The molecule has 0 aromatic carbocycles. The minimum Gasteiger partial charge on any atom is -0.135 e. The Morgan fingerprint density at radius 3 is 1.65 bits per heavy atom. The van der Waals surface area contributed by atoms with Crippen molar-refractivity contribution in [3.63, 3.8) is 0 Å². The highest BCUT2D eigenvalue weighted by atomic mass is 31.0. The van der Waals surface area contributed by atoms with Crippen molar-refractivity contribution in [3.8, 4) is 0 Å². The van der Waals surface area contributed by atoms with Crippen LogP contribution in [0.3, 0.4) is 0 Å². The molecule has 0 amide bonds. The molecule has 0 aromatic heterocycles. The summed E-state index contributed by atoms with van der Waals surface area (Å²) in [7, 11) is 5.52. The van der Waals surface area contributed by atoms with E-state index in [1.54, 1.807) is 0 Å². The highest BCUT2D eigenvalue weighted by Crippen LogP contribution is 2.53. The van der Waals surface area contributed by atoms with E-state index in [0.717, 1.165) is 5.92 Å². The molecule has 0 aromatic rings. The fourth-order valence-electron chi connectivity index (χ4n) is 2.54. The van der Waals surface area contributed by atoms with E-state index in [1.165, 1.54) is 6.42 Å². The summed E-state index contributed by atoms with van der Waals surface area (Å²) in [5.74, 6) is 0.759. The van der Waals surface area contributed by atoms with Crippen LogP contribution in [0.5, 0.6) is 0 Å². The lowest BCUT2D eigenvalue weighted by Crippen LogP contribution is -2.39. The average molecular weight is 255 g/mol. The van der Waals surface area contributed by atoms with Crippen molar-refractivity contribution in [1.82, 2.24) is 0 Å². The van der Waals surface area contributed by atoms with E-state index in [9.17, 15) is 0 Å². The molecule has 17 heavy (non-hydrogen) atoms.